The van der Waals surface area contributed by atoms with E-state index in [2.05, 4.69) is 40.1 Å². The second-order valence-corrected chi connectivity index (χ2v) is 12.7. The number of benzene rings is 1. The zero-order chi connectivity index (χ0) is 21.5. The lowest BCUT2D eigenvalue weighted by Crippen LogP contribution is -2.76. The molecule has 4 saturated carbocycles. The lowest BCUT2D eigenvalue weighted by Gasteiger charge is -2.67. The highest BCUT2D eigenvalue weighted by Gasteiger charge is 2.64. The number of fused-ring (bicyclic) bond motifs is 7. The van der Waals surface area contributed by atoms with Crippen LogP contribution in [0, 0.1) is 11.8 Å². The van der Waals surface area contributed by atoms with Crippen LogP contribution < -0.4 is 5.46 Å². The minimum atomic E-state index is 0.599. The summed E-state index contributed by atoms with van der Waals surface area (Å²) in [5.74, 6) is 5.03. The molecule has 0 amide bonds. The lowest BCUT2D eigenvalue weighted by atomic mass is 9.23. The van der Waals surface area contributed by atoms with Gasteiger partial charge in [0, 0.05) is 24.0 Å². The highest BCUT2D eigenvalue weighted by molar-refractivity contribution is 6.76. The molecule has 2 saturated heterocycles. The monoisotopic (exact) mass is 441 g/mol. The lowest BCUT2D eigenvalue weighted by molar-refractivity contribution is -0.0546. The van der Waals surface area contributed by atoms with Crippen molar-refractivity contribution in [2.45, 2.75) is 125 Å². The highest BCUT2D eigenvalue weighted by atomic mass is 15.5. The smallest absolute Gasteiger partial charge is 0.198 e. The van der Waals surface area contributed by atoms with Gasteiger partial charge in [0.1, 0.15) is 0 Å². The Balaban J connectivity index is 1.29. The summed E-state index contributed by atoms with van der Waals surface area (Å²) in [6.45, 7) is 0.775. The van der Waals surface area contributed by atoms with Gasteiger partial charge in [-0.05, 0) is 49.7 Å². The first-order valence-electron chi connectivity index (χ1n) is 14.6. The van der Waals surface area contributed by atoms with Crippen molar-refractivity contribution >= 4 is 18.1 Å². The van der Waals surface area contributed by atoms with Gasteiger partial charge in [0.15, 0.2) is 12.7 Å². The molecule has 4 heteroatoms. The van der Waals surface area contributed by atoms with E-state index in [1.807, 2.05) is 0 Å². The Kier molecular flexibility index (Phi) is 4.52. The molecule has 0 radical (unpaired) electrons. The topological polar surface area (TPSA) is 18.8 Å². The zero-order valence-electron chi connectivity index (χ0n) is 20.2. The Bertz CT molecular complexity index is 932. The number of aliphatic imine (C=N–C) groups is 1. The number of hydrogen-bond acceptors (Lipinski definition) is 3. The van der Waals surface area contributed by atoms with Crippen molar-refractivity contribution in [2.75, 3.05) is 0 Å². The Morgan fingerprint density at radius 1 is 0.667 bits per heavy atom. The fourth-order valence-electron chi connectivity index (χ4n) is 10.5. The molecule has 8 rings (SSSR count). The Labute approximate surface area is 200 Å². The summed E-state index contributed by atoms with van der Waals surface area (Å²) in [4.78, 5) is 11.7. The third kappa shape index (κ3) is 2.73. The molecule has 9 atom stereocenters. The predicted molar refractivity (Wildman–Crippen MR) is 136 cm³/mol. The first-order valence-corrected chi connectivity index (χ1v) is 14.6. The molecule has 174 valence electrons. The van der Waals surface area contributed by atoms with Gasteiger partial charge < -0.3 is 9.80 Å². The van der Waals surface area contributed by atoms with Crippen LogP contribution in [0.5, 0.6) is 0 Å². The molecular weight excluding hydrogens is 401 g/mol. The first-order chi connectivity index (χ1) is 16.4. The highest BCUT2D eigenvalue weighted by Crippen LogP contribution is 2.60. The third-order valence-corrected chi connectivity index (χ3v) is 11.5. The summed E-state index contributed by atoms with van der Waals surface area (Å²) in [6, 6.07) is 15.4. The van der Waals surface area contributed by atoms with Gasteiger partial charge in [-0.2, -0.15) is 0 Å². The van der Waals surface area contributed by atoms with Crippen LogP contribution in [-0.4, -0.2) is 52.7 Å². The fraction of sp³-hybridized carbons (Fsp3) is 0.759. The number of hydrogen-bond donors (Lipinski definition) is 0. The van der Waals surface area contributed by atoms with Crippen molar-refractivity contribution in [3.05, 3.63) is 30.3 Å². The molecule has 0 N–H and O–H groups in total. The Morgan fingerprint density at radius 3 is 2.36 bits per heavy atom. The number of rotatable bonds is 1. The fourth-order valence-corrected chi connectivity index (χ4v) is 10.5. The summed E-state index contributed by atoms with van der Waals surface area (Å²) in [7, 11) is 0. The molecule has 0 aromatic heterocycles. The molecule has 6 fully saturated rings. The summed E-state index contributed by atoms with van der Waals surface area (Å²) < 4.78 is 0. The van der Waals surface area contributed by atoms with Crippen LogP contribution in [0.4, 0.5) is 0 Å². The van der Waals surface area contributed by atoms with Gasteiger partial charge in [0.25, 0.3) is 0 Å². The molecular formula is C29H40BN3. The van der Waals surface area contributed by atoms with E-state index in [-0.39, 0.29) is 0 Å². The van der Waals surface area contributed by atoms with E-state index >= 15 is 0 Å². The average molecular weight is 441 g/mol. The SMILES string of the molecule is c1ccc(B2C3CCCCC3N3C4=NC5CCCCC5N4C4CCCC5CCC2C3C54)cc1. The molecule has 3 aliphatic heterocycles. The summed E-state index contributed by atoms with van der Waals surface area (Å²) in [5.41, 5.74) is 1.66. The van der Waals surface area contributed by atoms with E-state index in [0.29, 0.717) is 6.04 Å². The van der Waals surface area contributed by atoms with Gasteiger partial charge in [0.2, 0.25) is 0 Å². The van der Waals surface area contributed by atoms with Crippen molar-refractivity contribution < 1.29 is 0 Å². The summed E-state index contributed by atoms with van der Waals surface area (Å²) in [6.07, 6.45) is 18.6. The van der Waals surface area contributed by atoms with E-state index in [4.69, 9.17) is 4.99 Å². The van der Waals surface area contributed by atoms with Crippen LogP contribution in [0.25, 0.3) is 0 Å². The summed E-state index contributed by atoms with van der Waals surface area (Å²) in [5, 5.41) is 0. The third-order valence-electron chi connectivity index (χ3n) is 11.5. The van der Waals surface area contributed by atoms with E-state index in [0.717, 1.165) is 54.4 Å². The average Bonchev–Trinajstić information content (AvgIpc) is 3.27. The molecule has 4 aliphatic carbocycles. The van der Waals surface area contributed by atoms with Gasteiger partial charge in [-0.25, -0.2) is 4.99 Å². The summed E-state index contributed by atoms with van der Waals surface area (Å²) >= 11 is 0. The second kappa shape index (κ2) is 7.52. The molecule has 1 aromatic carbocycles. The van der Waals surface area contributed by atoms with Crippen molar-refractivity contribution in [3.8, 4) is 0 Å². The van der Waals surface area contributed by atoms with Crippen molar-refractivity contribution in [2.24, 2.45) is 16.8 Å². The van der Waals surface area contributed by atoms with Crippen LogP contribution in [0.2, 0.25) is 11.6 Å². The second-order valence-electron chi connectivity index (χ2n) is 12.7. The van der Waals surface area contributed by atoms with Gasteiger partial charge in [-0.1, -0.05) is 87.2 Å². The standard InChI is InChI=1S/C29H40BN3/c1-2-10-20(11-3-1)30-21-12-4-6-14-24(21)33-28-22(30)18-17-19-9-8-16-26(27(19)28)32-25-15-7-5-13-23(25)31-29(32)33/h1-3,10-11,19,21-28H,4-9,12-18H2. The zero-order valence-corrected chi connectivity index (χ0v) is 20.2. The minimum Gasteiger partial charge on any atom is -0.337 e. The largest absolute Gasteiger partial charge is 0.337 e. The van der Waals surface area contributed by atoms with Crippen LogP contribution in [0.3, 0.4) is 0 Å². The molecule has 3 heterocycles. The maximum absolute atomic E-state index is 5.65. The van der Waals surface area contributed by atoms with Gasteiger partial charge in [-0.3, -0.25) is 0 Å². The minimum absolute atomic E-state index is 0.599. The molecule has 1 aromatic rings. The van der Waals surface area contributed by atoms with E-state index in [9.17, 15) is 0 Å². The molecule has 33 heavy (non-hydrogen) atoms. The Morgan fingerprint density at radius 2 is 1.45 bits per heavy atom. The van der Waals surface area contributed by atoms with Crippen molar-refractivity contribution in [1.82, 2.24) is 9.80 Å². The van der Waals surface area contributed by atoms with Crippen LogP contribution in [0.15, 0.2) is 35.3 Å². The van der Waals surface area contributed by atoms with Gasteiger partial charge in [-0.15, -0.1) is 0 Å². The van der Waals surface area contributed by atoms with Crippen LogP contribution in [0.1, 0.15) is 83.5 Å². The van der Waals surface area contributed by atoms with Crippen molar-refractivity contribution in [3.63, 3.8) is 0 Å². The van der Waals surface area contributed by atoms with E-state index in [1.54, 1.807) is 5.46 Å². The van der Waals surface area contributed by atoms with Crippen LogP contribution >= 0.6 is 0 Å². The van der Waals surface area contributed by atoms with Crippen LogP contribution in [-0.2, 0) is 0 Å². The predicted octanol–water partition coefficient (Wildman–Crippen LogP) is 5.33. The van der Waals surface area contributed by atoms with Crippen molar-refractivity contribution in [1.29, 1.82) is 0 Å². The Hall–Kier alpha value is -1.45. The molecule has 9 unspecified atom stereocenters. The molecule has 7 aliphatic rings. The molecule has 3 nitrogen and oxygen atoms in total. The normalized spacial score (nSPS) is 45.5. The number of nitrogens with zero attached hydrogens (tertiary/aromatic N) is 3. The molecule has 0 bridgehead atoms. The van der Waals surface area contributed by atoms with E-state index < -0.39 is 0 Å². The quantitative estimate of drug-likeness (QED) is 0.549. The van der Waals surface area contributed by atoms with E-state index in [1.165, 1.54) is 89.4 Å². The maximum Gasteiger partial charge on any atom is 0.198 e. The van der Waals surface area contributed by atoms with Gasteiger partial charge in [0.05, 0.1) is 12.1 Å². The maximum atomic E-state index is 5.65. The first kappa shape index (κ1) is 19.8. The number of guanidine groups is 1. The molecule has 0 spiro atoms. The van der Waals surface area contributed by atoms with Gasteiger partial charge >= 0.3 is 0 Å².